The number of carbonyl (C=O) groups is 8. The first-order valence-electron chi connectivity index (χ1n) is 22.5. The van der Waals surface area contributed by atoms with Crippen LogP contribution in [0.1, 0.15) is 108 Å². The van der Waals surface area contributed by atoms with E-state index >= 15 is 0 Å². The summed E-state index contributed by atoms with van der Waals surface area (Å²) in [5.41, 5.74) is 0.0123. The van der Waals surface area contributed by atoms with Crippen LogP contribution in [-0.4, -0.2) is 157 Å². The van der Waals surface area contributed by atoms with Crippen LogP contribution in [-0.2, 0) is 54.4 Å². The van der Waals surface area contributed by atoms with Crippen molar-refractivity contribution in [1.82, 2.24) is 35.6 Å². The average molecular weight is 918 g/mol. The fraction of sp³-hybridized carbons (Fsp3) is 0.702. The third-order valence-electron chi connectivity index (χ3n) is 11.3. The lowest BCUT2D eigenvalue weighted by Gasteiger charge is -2.36. The molecule has 8 atom stereocenters. The van der Waals surface area contributed by atoms with Gasteiger partial charge in [0.2, 0.25) is 35.4 Å². The number of carbonyl (C=O) groups excluding carboxylic acids is 8. The number of likely N-dealkylation sites (N-methyl/N-ethyl adjacent to an activating group) is 4. The zero-order valence-electron chi connectivity index (χ0n) is 42.0. The Morgan fingerprint density at radius 1 is 0.615 bits per heavy atom. The normalized spacial score (nSPS) is 15.2. The van der Waals surface area contributed by atoms with Gasteiger partial charge in [-0.15, -0.1) is 0 Å². The van der Waals surface area contributed by atoms with Crippen molar-refractivity contribution < 1.29 is 52.6 Å². The van der Waals surface area contributed by atoms with E-state index in [0.717, 1.165) is 15.4 Å². The molecule has 18 nitrogen and oxygen atoms in total. The molecule has 1 rings (SSSR count). The lowest BCUT2D eigenvalue weighted by molar-refractivity contribution is -0.150. The molecular formula is C47H79N7O11. The lowest BCUT2D eigenvalue weighted by atomic mass is 9.96. The van der Waals surface area contributed by atoms with Crippen molar-refractivity contribution in [2.75, 3.05) is 41.9 Å². The summed E-state index contributed by atoms with van der Waals surface area (Å²) in [5.74, 6) is -4.69. The molecule has 0 fully saturated rings. The molecule has 18 heteroatoms. The zero-order chi connectivity index (χ0) is 50.1. The van der Waals surface area contributed by atoms with Crippen molar-refractivity contribution in [2.45, 2.75) is 157 Å². The van der Waals surface area contributed by atoms with Crippen LogP contribution in [0.3, 0.4) is 0 Å². The molecule has 0 aromatic heterocycles. The molecule has 0 saturated heterocycles. The van der Waals surface area contributed by atoms with E-state index in [4.69, 9.17) is 14.2 Å². The Kier molecular flexibility index (Phi) is 23.7. The highest BCUT2D eigenvalue weighted by Crippen LogP contribution is 2.18. The largest absolute Gasteiger partial charge is 0.467 e. The highest BCUT2D eigenvalue weighted by atomic mass is 16.6. The number of ether oxygens (including phenoxy) is 3. The van der Waals surface area contributed by atoms with Gasteiger partial charge in [0.05, 0.1) is 20.3 Å². The summed E-state index contributed by atoms with van der Waals surface area (Å²) in [5, 5.41) is 8.26. The second-order valence-electron chi connectivity index (χ2n) is 18.8. The van der Waals surface area contributed by atoms with E-state index in [0.29, 0.717) is 12.8 Å². The number of amides is 7. The number of esters is 1. The van der Waals surface area contributed by atoms with E-state index in [1.807, 2.05) is 65.0 Å². The van der Waals surface area contributed by atoms with Gasteiger partial charge in [-0.3, -0.25) is 33.7 Å². The summed E-state index contributed by atoms with van der Waals surface area (Å²) in [4.78, 5) is 114. The molecule has 65 heavy (non-hydrogen) atoms. The van der Waals surface area contributed by atoms with Crippen molar-refractivity contribution in [2.24, 2.45) is 17.8 Å². The molecule has 0 saturated carbocycles. The highest BCUT2D eigenvalue weighted by Gasteiger charge is 2.39. The smallest absolute Gasteiger partial charge is 0.410 e. The molecule has 1 aromatic carbocycles. The maximum absolute atomic E-state index is 14.4. The van der Waals surface area contributed by atoms with Gasteiger partial charge in [0, 0.05) is 28.2 Å². The maximum atomic E-state index is 14.4. The number of hydrogen-bond acceptors (Lipinski definition) is 11. The first-order valence-corrected chi connectivity index (χ1v) is 22.5. The minimum absolute atomic E-state index is 0.0225. The predicted molar refractivity (Wildman–Crippen MR) is 247 cm³/mol. The number of methoxy groups -OCH3 is 1. The van der Waals surface area contributed by atoms with Crippen molar-refractivity contribution in [1.29, 1.82) is 0 Å². The molecule has 0 aliphatic rings. The van der Waals surface area contributed by atoms with Gasteiger partial charge < -0.3 is 44.9 Å². The van der Waals surface area contributed by atoms with E-state index in [-0.39, 0.29) is 31.5 Å². The van der Waals surface area contributed by atoms with Crippen molar-refractivity contribution in [3.05, 3.63) is 35.9 Å². The first kappa shape index (κ1) is 57.8. The van der Waals surface area contributed by atoms with E-state index in [2.05, 4.69) is 16.0 Å². The van der Waals surface area contributed by atoms with Crippen molar-refractivity contribution in [3.63, 3.8) is 0 Å². The Balaban J connectivity index is 3.41. The molecule has 0 heterocycles. The number of nitrogens with one attached hydrogen (secondary N) is 3. The highest BCUT2D eigenvalue weighted by molar-refractivity contribution is 5.97. The van der Waals surface area contributed by atoms with Crippen LogP contribution in [0.2, 0.25) is 0 Å². The summed E-state index contributed by atoms with van der Waals surface area (Å²) >= 11 is 0. The molecule has 7 amide bonds. The standard InChI is InChI=1S/C47H79N7O11/c1-18-30(6)38(44(60)52(14)32(8)43(59)54(16)37(25-29(4)5)41(57)48-35(24-28(2)3)45(61)63-17)50-40(56)36(27-64-26-34-22-20-19-21-23-34)49-39(55)31(7)51(13)42(58)33(9)53(15)46(62)65-47(10,11)12/h19-23,28-33,35-38H,18,24-27H2,1-17H3,(H,48,57)(H,49,55)(H,50,56)/t30-,31+,32-,33-,35-,36+,37-,38+/m0/s1. The van der Waals surface area contributed by atoms with Gasteiger partial charge in [-0.05, 0) is 77.7 Å². The predicted octanol–water partition coefficient (Wildman–Crippen LogP) is 3.75. The number of benzene rings is 1. The third-order valence-corrected chi connectivity index (χ3v) is 11.3. The van der Waals surface area contributed by atoms with E-state index in [1.54, 1.807) is 27.7 Å². The van der Waals surface area contributed by atoms with Crippen molar-refractivity contribution >= 4 is 47.5 Å². The van der Waals surface area contributed by atoms with Crippen LogP contribution in [0.25, 0.3) is 0 Å². The molecule has 0 spiro atoms. The van der Waals surface area contributed by atoms with Gasteiger partial charge in [-0.2, -0.15) is 0 Å². The molecule has 0 aliphatic heterocycles. The molecule has 0 aliphatic carbocycles. The Morgan fingerprint density at radius 3 is 1.63 bits per heavy atom. The molecule has 1 aromatic rings. The van der Waals surface area contributed by atoms with Gasteiger partial charge in [0.25, 0.3) is 0 Å². The van der Waals surface area contributed by atoms with Gasteiger partial charge in [-0.1, -0.05) is 78.3 Å². The number of nitrogens with zero attached hydrogens (tertiary/aromatic N) is 4. The SMILES string of the molecule is CC[C@H](C)[C@@H](NC(=O)[C@@H](COCc1ccccc1)NC(=O)[C@@H](C)N(C)C(=O)[C@H](C)N(C)C(=O)OC(C)(C)C)C(=O)N(C)[C@@H](C)C(=O)N(C)[C@@H](CC(C)C)C(=O)N[C@@H](CC(C)C)C(=O)OC. The van der Waals surface area contributed by atoms with Gasteiger partial charge in [0.1, 0.15) is 47.9 Å². The third kappa shape index (κ3) is 18.3. The van der Waals surface area contributed by atoms with Crippen molar-refractivity contribution in [3.8, 4) is 0 Å². The number of rotatable bonds is 24. The monoisotopic (exact) mass is 918 g/mol. The maximum Gasteiger partial charge on any atom is 0.410 e. The van der Waals surface area contributed by atoms with Crippen LogP contribution < -0.4 is 16.0 Å². The Hall–Kier alpha value is -5.26. The van der Waals surface area contributed by atoms with E-state index in [1.165, 1.54) is 65.9 Å². The second kappa shape index (κ2) is 26.6. The summed E-state index contributed by atoms with van der Waals surface area (Å²) < 4.78 is 16.2. The minimum Gasteiger partial charge on any atom is -0.467 e. The molecule has 0 radical (unpaired) electrons. The van der Waals surface area contributed by atoms with E-state index < -0.39 is 101 Å². The molecule has 3 N–H and O–H groups in total. The average Bonchev–Trinajstić information content (AvgIpc) is 3.25. The van der Waals surface area contributed by atoms with Gasteiger partial charge in [0.15, 0.2) is 0 Å². The van der Waals surface area contributed by atoms with Gasteiger partial charge in [-0.25, -0.2) is 9.59 Å². The molecule has 368 valence electrons. The molecular weight excluding hydrogens is 839 g/mol. The fourth-order valence-corrected chi connectivity index (χ4v) is 6.61. The van der Waals surface area contributed by atoms with Crippen LogP contribution >= 0.6 is 0 Å². The first-order chi connectivity index (χ1) is 30.1. The quantitative estimate of drug-likeness (QED) is 0.127. The fourth-order valence-electron chi connectivity index (χ4n) is 6.61. The van der Waals surface area contributed by atoms with Crippen LogP contribution in [0, 0.1) is 17.8 Å². The number of hydrogen-bond donors (Lipinski definition) is 3. The van der Waals surface area contributed by atoms with Crippen LogP contribution in [0.15, 0.2) is 30.3 Å². The summed E-state index contributed by atoms with van der Waals surface area (Å²) in [7, 11) is 6.98. The summed E-state index contributed by atoms with van der Waals surface area (Å²) in [6.45, 7) is 20.6. The Labute approximate surface area is 387 Å². The zero-order valence-corrected chi connectivity index (χ0v) is 42.0. The topological polar surface area (TPSA) is 213 Å². The minimum atomic E-state index is -1.34. The van der Waals surface area contributed by atoms with Gasteiger partial charge >= 0.3 is 12.1 Å². The molecule has 0 unspecified atom stereocenters. The summed E-state index contributed by atoms with van der Waals surface area (Å²) in [6, 6.07) is 1.56. The lowest BCUT2D eigenvalue weighted by Crippen LogP contribution is -2.61. The summed E-state index contributed by atoms with van der Waals surface area (Å²) in [6.07, 6.45) is 0.324. The van der Waals surface area contributed by atoms with Crippen LogP contribution in [0.4, 0.5) is 4.79 Å². The molecule has 0 bridgehead atoms. The van der Waals surface area contributed by atoms with Crippen LogP contribution in [0.5, 0.6) is 0 Å². The second-order valence-corrected chi connectivity index (χ2v) is 18.8. The Bertz CT molecular complexity index is 1750. The van der Waals surface area contributed by atoms with E-state index in [9.17, 15) is 38.4 Å². The Morgan fingerprint density at radius 2 is 1.12 bits per heavy atom.